The lowest BCUT2D eigenvalue weighted by molar-refractivity contribution is -0.132. The number of carbonyl (C=O) groups excluding carboxylic acids is 1. The van der Waals surface area contributed by atoms with Crippen molar-refractivity contribution in [3.63, 3.8) is 0 Å². The van der Waals surface area contributed by atoms with Crippen LogP contribution < -0.4 is 5.32 Å². The molecule has 1 saturated carbocycles. The van der Waals surface area contributed by atoms with E-state index in [1.54, 1.807) is 6.08 Å². The Morgan fingerprint density at radius 2 is 2.22 bits per heavy atom. The molecule has 2 rings (SSSR count). The van der Waals surface area contributed by atoms with Crippen molar-refractivity contribution in [3.8, 4) is 0 Å². The lowest BCUT2D eigenvalue weighted by Crippen LogP contribution is -2.54. The van der Waals surface area contributed by atoms with Crippen LogP contribution in [0.1, 0.15) is 12.8 Å². The van der Waals surface area contributed by atoms with Crippen molar-refractivity contribution >= 4 is 11.9 Å². The van der Waals surface area contributed by atoms with Crippen LogP contribution in [0, 0.1) is 0 Å². The van der Waals surface area contributed by atoms with Gasteiger partial charge in [0, 0.05) is 25.2 Å². The normalized spacial score (nSPS) is 25.2. The van der Waals surface area contributed by atoms with Crippen LogP contribution in [0.25, 0.3) is 0 Å². The molecular formula is C12H18N2O4. The number of nitrogens with zero attached hydrogens (tertiary/aromatic N) is 1. The highest BCUT2D eigenvalue weighted by Gasteiger charge is 2.32. The predicted octanol–water partition coefficient (Wildman–Crippen LogP) is -0.393. The molecule has 1 aliphatic carbocycles. The van der Waals surface area contributed by atoms with Gasteiger partial charge in [-0.2, -0.15) is 0 Å². The minimum atomic E-state index is -0.970. The van der Waals surface area contributed by atoms with Gasteiger partial charge in [-0.05, 0) is 12.8 Å². The number of carbonyl (C=O) groups is 2. The molecule has 1 amide bonds. The first-order valence-electron chi connectivity index (χ1n) is 6.18. The molecule has 6 nitrogen and oxygen atoms in total. The number of carboxylic acid groups (broad SMARTS) is 1. The molecule has 0 aromatic rings. The monoisotopic (exact) mass is 254 g/mol. The Kier molecular flexibility index (Phi) is 4.33. The van der Waals surface area contributed by atoms with E-state index in [0.717, 1.165) is 18.9 Å². The Morgan fingerprint density at radius 1 is 1.44 bits per heavy atom. The lowest BCUT2D eigenvalue weighted by Gasteiger charge is -2.33. The van der Waals surface area contributed by atoms with E-state index in [9.17, 15) is 9.59 Å². The lowest BCUT2D eigenvalue weighted by atomic mass is 10.2. The summed E-state index contributed by atoms with van der Waals surface area (Å²) in [7, 11) is 0. The molecule has 0 spiro atoms. The van der Waals surface area contributed by atoms with Crippen molar-refractivity contribution in [2.24, 2.45) is 0 Å². The van der Waals surface area contributed by atoms with Gasteiger partial charge in [0.15, 0.2) is 0 Å². The van der Waals surface area contributed by atoms with Gasteiger partial charge in [-0.1, -0.05) is 6.08 Å². The molecular weight excluding hydrogens is 236 g/mol. The summed E-state index contributed by atoms with van der Waals surface area (Å²) in [5.41, 5.74) is 0. The van der Waals surface area contributed by atoms with Gasteiger partial charge in [0.2, 0.25) is 5.91 Å². The zero-order chi connectivity index (χ0) is 13.0. The summed E-state index contributed by atoms with van der Waals surface area (Å²) in [5, 5.41) is 11.5. The maximum Gasteiger partial charge on any atom is 0.328 e. The molecule has 6 heteroatoms. The third-order valence-corrected chi connectivity index (χ3v) is 3.07. The van der Waals surface area contributed by atoms with E-state index in [2.05, 4.69) is 5.32 Å². The van der Waals surface area contributed by atoms with Gasteiger partial charge >= 0.3 is 5.97 Å². The molecule has 0 radical (unpaired) electrons. The first-order valence-corrected chi connectivity index (χ1v) is 6.18. The van der Waals surface area contributed by atoms with E-state index >= 15 is 0 Å². The molecule has 0 aromatic heterocycles. The van der Waals surface area contributed by atoms with Gasteiger partial charge < -0.3 is 15.2 Å². The highest BCUT2D eigenvalue weighted by molar-refractivity contribution is 5.82. The van der Waals surface area contributed by atoms with Crippen LogP contribution in [0.5, 0.6) is 0 Å². The molecule has 2 aliphatic rings. The maximum atomic E-state index is 12.0. The number of rotatable bonds is 5. The quantitative estimate of drug-likeness (QED) is 0.653. The second-order valence-electron chi connectivity index (χ2n) is 4.61. The van der Waals surface area contributed by atoms with Gasteiger partial charge in [-0.25, -0.2) is 4.79 Å². The second-order valence-corrected chi connectivity index (χ2v) is 4.61. The van der Waals surface area contributed by atoms with Gasteiger partial charge in [-0.3, -0.25) is 9.69 Å². The van der Waals surface area contributed by atoms with E-state index in [-0.39, 0.29) is 11.9 Å². The highest BCUT2D eigenvalue weighted by Crippen LogP contribution is 2.19. The Morgan fingerprint density at radius 3 is 2.89 bits per heavy atom. The van der Waals surface area contributed by atoms with Crippen LogP contribution in [0.2, 0.25) is 0 Å². The molecule has 100 valence electrons. The summed E-state index contributed by atoms with van der Waals surface area (Å²) in [4.78, 5) is 24.3. The summed E-state index contributed by atoms with van der Waals surface area (Å²) in [6, 6.07) is 0.0219. The number of nitrogens with one attached hydrogen (secondary N) is 1. The van der Waals surface area contributed by atoms with E-state index in [0.29, 0.717) is 32.3 Å². The average Bonchev–Trinajstić information content (AvgIpc) is 3.13. The van der Waals surface area contributed by atoms with Gasteiger partial charge in [0.05, 0.1) is 13.2 Å². The molecule has 0 bridgehead atoms. The van der Waals surface area contributed by atoms with E-state index in [4.69, 9.17) is 9.84 Å². The molecule has 1 aliphatic heterocycles. The van der Waals surface area contributed by atoms with E-state index in [1.165, 1.54) is 0 Å². The summed E-state index contributed by atoms with van der Waals surface area (Å²) in [6.07, 6.45) is 4.77. The molecule has 2 fully saturated rings. The number of hydrogen-bond acceptors (Lipinski definition) is 4. The van der Waals surface area contributed by atoms with E-state index < -0.39 is 5.97 Å². The topological polar surface area (TPSA) is 78.9 Å². The Hall–Kier alpha value is -1.40. The third kappa shape index (κ3) is 3.82. The van der Waals surface area contributed by atoms with Crippen molar-refractivity contribution in [2.75, 3.05) is 26.3 Å². The molecule has 1 atom stereocenters. The first kappa shape index (κ1) is 13.0. The van der Waals surface area contributed by atoms with Crippen molar-refractivity contribution in [1.82, 2.24) is 10.2 Å². The van der Waals surface area contributed by atoms with Gasteiger partial charge in [0.1, 0.15) is 6.04 Å². The summed E-state index contributed by atoms with van der Waals surface area (Å²) in [6.45, 7) is 2.05. The van der Waals surface area contributed by atoms with Gasteiger partial charge in [-0.15, -0.1) is 0 Å². The molecule has 2 N–H and O–H groups in total. The average molecular weight is 254 g/mol. The fraction of sp³-hybridized carbons (Fsp3) is 0.667. The zero-order valence-corrected chi connectivity index (χ0v) is 10.2. The van der Waals surface area contributed by atoms with Crippen LogP contribution >= 0.6 is 0 Å². The minimum Gasteiger partial charge on any atom is -0.478 e. The second kappa shape index (κ2) is 5.97. The van der Waals surface area contributed by atoms with Gasteiger partial charge in [0.25, 0.3) is 0 Å². The number of aliphatic carboxylic acids is 1. The van der Waals surface area contributed by atoms with Crippen LogP contribution in [0.15, 0.2) is 12.2 Å². The molecule has 18 heavy (non-hydrogen) atoms. The Bertz CT molecular complexity index is 352. The fourth-order valence-electron chi connectivity index (χ4n) is 1.91. The van der Waals surface area contributed by atoms with E-state index in [1.807, 2.05) is 4.90 Å². The largest absolute Gasteiger partial charge is 0.478 e. The Balaban J connectivity index is 1.87. The van der Waals surface area contributed by atoms with Crippen LogP contribution in [-0.4, -0.2) is 60.3 Å². The highest BCUT2D eigenvalue weighted by atomic mass is 16.5. The fourth-order valence-corrected chi connectivity index (χ4v) is 1.91. The number of morpholine rings is 1. The molecule has 1 saturated heterocycles. The summed E-state index contributed by atoms with van der Waals surface area (Å²) < 4.78 is 5.32. The molecule has 1 heterocycles. The summed E-state index contributed by atoms with van der Waals surface area (Å²) >= 11 is 0. The van der Waals surface area contributed by atoms with Crippen LogP contribution in [0.4, 0.5) is 0 Å². The number of ether oxygens (including phenoxy) is 1. The maximum absolute atomic E-state index is 12.0. The molecule has 1 unspecified atom stereocenters. The van der Waals surface area contributed by atoms with Crippen LogP contribution in [0.3, 0.4) is 0 Å². The smallest absolute Gasteiger partial charge is 0.328 e. The number of amides is 1. The zero-order valence-electron chi connectivity index (χ0n) is 10.2. The minimum absolute atomic E-state index is 0.0130. The van der Waals surface area contributed by atoms with Crippen molar-refractivity contribution in [1.29, 1.82) is 0 Å². The van der Waals surface area contributed by atoms with Crippen LogP contribution in [-0.2, 0) is 14.3 Å². The standard InChI is InChI=1S/C12H18N2O4/c15-11(16)2-1-5-14-6-7-18-8-10(14)12(17)13-9-3-4-9/h1-2,9-10H,3-8H2,(H,13,17)(H,15,16)/b2-1+. The first-order chi connectivity index (χ1) is 8.66. The van der Waals surface area contributed by atoms with Crippen molar-refractivity contribution in [2.45, 2.75) is 24.9 Å². The SMILES string of the molecule is O=C(O)/C=C/CN1CCOCC1C(=O)NC1CC1. The predicted molar refractivity (Wildman–Crippen MR) is 64.1 cm³/mol. The Labute approximate surface area is 106 Å². The number of hydrogen-bond donors (Lipinski definition) is 2. The third-order valence-electron chi connectivity index (χ3n) is 3.07. The number of carboxylic acids is 1. The summed E-state index contributed by atoms with van der Waals surface area (Å²) in [5.74, 6) is -0.983. The molecule has 0 aromatic carbocycles. The van der Waals surface area contributed by atoms with Crippen molar-refractivity contribution in [3.05, 3.63) is 12.2 Å². The van der Waals surface area contributed by atoms with Crippen molar-refractivity contribution < 1.29 is 19.4 Å².